The third-order valence-electron chi connectivity index (χ3n) is 2.71. The van der Waals surface area contributed by atoms with Crippen LogP contribution in [0.1, 0.15) is 19.4 Å². The second-order valence-corrected chi connectivity index (χ2v) is 4.24. The van der Waals surface area contributed by atoms with Crippen molar-refractivity contribution < 1.29 is 14.7 Å². The first-order valence-corrected chi connectivity index (χ1v) is 6.14. The van der Waals surface area contributed by atoms with Gasteiger partial charge in [0.25, 0.3) is 0 Å². The number of carbonyl (C=O) groups excluding carboxylic acids is 1. The first kappa shape index (κ1) is 14.9. The van der Waals surface area contributed by atoms with E-state index in [2.05, 4.69) is 4.98 Å². The summed E-state index contributed by atoms with van der Waals surface area (Å²) in [6, 6.07) is 3.63. The summed E-state index contributed by atoms with van der Waals surface area (Å²) < 4.78 is 0. The standard InChI is InChI=1S/C14H18N2O3/c1-3-16(10-11(2)14(18)19)13(17)7-6-12-5-4-8-15-9-12/h4-9,11H,3,10H2,1-2H3,(H,18,19). The molecule has 1 aromatic heterocycles. The highest BCUT2D eigenvalue weighted by Gasteiger charge is 2.17. The van der Waals surface area contributed by atoms with Gasteiger partial charge < -0.3 is 10.0 Å². The van der Waals surface area contributed by atoms with E-state index in [0.29, 0.717) is 6.54 Å². The Morgan fingerprint density at radius 3 is 2.79 bits per heavy atom. The Morgan fingerprint density at radius 2 is 2.26 bits per heavy atom. The second-order valence-electron chi connectivity index (χ2n) is 4.24. The smallest absolute Gasteiger partial charge is 0.308 e. The van der Waals surface area contributed by atoms with Crippen molar-refractivity contribution in [2.24, 2.45) is 5.92 Å². The number of carboxylic acid groups (broad SMARTS) is 1. The van der Waals surface area contributed by atoms with Crippen molar-refractivity contribution in [3.8, 4) is 0 Å². The Morgan fingerprint density at radius 1 is 1.53 bits per heavy atom. The Bertz CT molecular complexity index is 457. The van der Waals surface area contributed by atoms with Crippen LogP contribution in [0.4, 0.5) is 0 Å². The lowest BCUT2D eigenvalue weighted by Gasteiger charge is -2.21. The molecule has 1 unspecified atom stereocenters. The molecule has 19 heavy (non-hydrogen) atoms. The largest absolute Gasteiger partial charge is 0.481 e. The van der Waals surface area contributed by atoms with E-state index >= 15 is 0 Å². The van der Waals surface area contributed by atoms with Crippen LogP contribution in [0, 0.1) is 5.92 Å². The normalized spacial score (nSPS) is 12.3. The lowest BCUT2D eigenvalue weighted by atomic mass is 10.1. The molecule has 5 nitrogen and oxygen atoms in total. The molecule has 5 heteroatoms. The zero-order valence-electron chi connectivity index (χ0n) is 11.1. The summed E-state index contributed by atoms with van der Waals surface area (Å²) in [6.45, 7) is 4.10. The zero-order chi connectivity index (χ0) is 14.3. The van der Waals surface area contributed by atoms with Gasteiger partial charge in [-0.15, -0.1) is 0 Å². The van der Waals surface area contributed by atoms with Crippen molar-refractivity contribution in [3.63, 3.8) is 0 Å². The molecule has 0 spiro atoms. The van der Waals surface area contributed by atoms with Crippen LogP contribution in [0.3, 0.4) is 0 Å². The zero-order valence-corrected chi connectivity index (χ0v) is 11.1. The van der Waals surface area contributed by atoms with Gasteiger partial charge in [-0.1, -0.05) is 13.0 Å². The van der Waals surface area contributed by atoms with Crippen LogP contribution >= 0.6 is 0 Å². The molecule has 0 radical (unpaired) electrons. The van der Waals surface area contributed by atoms with Crippen LogP contribution in [-0.4, -0.2) is 40.0 Å². The summed E-state index contributed by atoms with van der Waals surface area (Å²) in [5.74, 6) is -1.67. The van der Waals surface area contributed by atoms with Crippen LogP contribution in [0.5, 0.6) is 0 Å². The lowest BCUT2D eigenvalue weighted by molar-refractivity contribution is -0.142. The number of nitrogens with zero attached hydrogens (tertiary/aromatic N) is 2. The molecule has 0 aliphatic carbocycles. The van der Waals surface area contributed by atoms with E-state index in [1.54, 1.807) is 31.5 Å². The predicted octanol–water partition coefficient (Wildman–Crippen LogP) is 1.66. The number of hydrogen-bond acceptors (Lipinski definition) is 3. The van der Waals surface area contributed by atoms with Crippen molar-refractivity contribution >= 4 is 18.0 Å². The number of hydrogen-bond donors (Lipinski definition) is 1. The predicted molar refractivity (Wildman–Crippen MR) is 72.3 cm³/mol. The van der Waals surface area contributed by atoms with E-state index in [0.717, 1.165) is 5.56 Å². The fourth-order valence-electron chi connectivity index (χ4n) is 1.53. The summed E-state index contributed by atoms with van der Waals surface area (Å²) in [5.41, 5.74) is 0.832. The van der Waals surface area contributed by atoms with Gasteiger partial charge in [0.05, 0.1) is 5.92 Å². The third kappa shape index (κ3) is 4.91. The summed E-state index contributed by atoms with van der Waals surface area (Å²) in [7, 11) is 0. The van der Waals surface area contributed by atoms with E-state index in [-0.39, 0.29) is 12.5 Å². The molecule has 0 aromatic carbocycles. The molecular formula is C14H18N2O3. The SMILES string of the molecule is CCN(CC(C)C(=O)O)C(=O)C=Cc1cccnc1. The molecule has 1 heterocycles. The molecule has 0 saturated carbocycles. The van der Waals surface area contributed by atoms with Crippen molar-refractivity contribution in [1.29, 1.82) is 0 Å². The highest BCUT2D eigenvalue weighted by Crippen LogP contribution is 2.04. The van der Waals surface area contributed by atoms with E-state index in [9.17, 15) is 9.59 Å². The van der Waals surface area contributed by atoms with E-state index in [1.165, 1.54) is 11.0 Å². The monoisotopic (exact) mass is 262 g/mol. The lowest BCUT2D eigenvalue weighted by Crippen LogP contribution is -2.35. The highest BCUT2D eigenvalue weighted by molar-refractivity contribution is 5.92. The van der Waals surface area contributed by atoms with E-state index < -0.39 is 11.9 Å². The average molecular weight is 262 g/mol. The summed E-state index contributed by atoms with van der Waals surface area (Å²) in [4.78, 5) is 28.2. The number of rotatable bonds is 6. The molecular weight excluding hydrogens is 244 g/mol. The van der Waals surface area contributed by atoms with Gasteiger partial charge in [-0.05, 0) is 24.6 Å². The van der Waals surface area contributed by atoms with Gasteiger partial charge in [-0.25, -0.2) is 0 Å². The molecule has 0 aliphatic heterocycles. The first-order chi connectivity index (χ1) is 9.04. The topological polar surface area (TPSA) is 70.5 Å². The minimum absolute atomic E-state index is 0.195. The third-order valence-corrected chi connectivity index (χ3v) is 2.71. The quantitative estimate of drug-likeness (QED) is 0.791. The number of carbonyl (C=O) groups is 2. The van der Waals surface area contributed by atoms with Gasteiger partial charge in [-0.2, -0.15) is 0 Å². The van der Waals surface area contributed by atoms with E-state index in [1.807, 2.05) is 13.0 Å². The Kier molecular flexibility index (Phi) is 5.73. The van der Waals surface area contributed by atoms with Gasteiger partial charge in [-0.3, -0.25) is 14.6 Å². The fraction of sp³-hybridized carbons (Fsp3) is 0.357. The molecule has 0 saturated heterocycles. The van der Waals surface area contributed by atoms with Crippen LogP contribution in [0.25, 0.3) is 6.08 Å². The van der Waals surface area contributed by atoms with Crippen LogP contribution in [0.15, 0.2) is 30.6 Å². The van der Waals surface area contributed by atoms with Crippen molar-refractivity contribution in [1.82, 2.24) is 9.88 Å². The van der Waals surface area contributed by atoms with Gasteiger partial charge in [0.15, 0.2) is 0 Å². The Hall–Kier alpha value is -2.17. The van der Waals surface area contributed by atoms with E-state index in [4.69, 9.17) is 5.11 Å². The maximum atomic E-state index is 11.9. The summed E-state index contributed by atoms with van der Waals surface area (Å²) in [5, 5.41) is 8.85. The molecule has 1 amide bonds. The Balaban J connectivity index is 2.64. The number of aromatic nitrogens is 1. The molecule has 0 bridgehead atoms. The first-order valence-electron chi connectivity index (χ1n) is 6.14. The minimum Gasteiger partial charge on any atom is -0.481 e. The van der Waals surface area contributed by atoms with Gasteiger partial charge in [0.2, 0.25) is 5.91 Å². The van der Waals surface area contributed by atoms with Crippen molar-refractivity contribution in [2.75, 3.05) is 13.1 Å². The van der Waals surface area contributed by atoms with Gasteiger partial charge in [0, 0.05) is 31.6 Å². The van der Waals surface area contributed by atoms with Crippen molar-refractivity contribution in [2.45, 2.75) is 13.8 Å². The number of pyridine rings is 1. The molecule has 1 aromatic rings. The summed E-state index contributed by atoms with van der Waals surface area (Å²) >= 11 is 0. The highest BCUT2D eigenvalue weighted by atomic mass is 16.4. The maximum absolute atomic E-state index is 11.9. The van der Waals surface area contributed by atoms with Crippen LogP contribution in [0.2, 0.25) is 0 Å². The maximum Gasteiger partial charge on any atom is 0.308 e. The van der Waals surface area contributed by atoms with Gasteiger partial charge >= 0.3 is 5.97 Å². The van der Waals surface area contributed by atoms with Crippen molar-refractivity contribution in [3.05, 3.63) is 36.2 Å². The Labute approximate surface area is 112 Å². The number of amides is 1. The number of aliphatic carboxylic acids is 1. The minimum atomic E-state index is -0.900. The van der Waals surface area contributed by atoms with Gasteiger partial charge in [0.1, 0.15) is 0 Å². The van der Waals surface area contributed by atoms with Crippen LogP contribution < -0.4 is 0 Å². The second kappa shape index (κ2) is 7.31. The fourth-order valence-corrected chi connectivity index (χ4v) is 1.53. The number of carboxylic acids is 1. The summed E-state index contributed by atoms with van der Waals surface area (Å²) in [6.07, 6.45) is 6.42. The molecule has 1 N–H and O–H groups in total. The average Bonchev–Trinajstić information content (AvgIpc) is 2.42. The van der Waals surface area contributed by atoms with Crippen LogP contribution in [-0.2, 0) is 9.59 Å². The molecule has 102 valence electrons. The molecule has 0 fully saturated rings. The number of likely N-dealkylation sites (N-methyl/N-ethyl adjacent to an activating group) is 1. The molecule has 1 atom stereocenters. The molecule has 1 rings (SSSR count). The molecule has 0 aliphatic rings.